The van der Waals surface area contributed by atoms with Gasteiger partial charge in [0.1, 0.15) is 0 Å². The Labute approximate surface area is 135 Å². The summed E-state index contributed by atoms with van der Waals surface area (Å²) in [6.45, 7) is 6.59. The van der Waals surface area contributed by atoms with Crippen molar-refractivity contribution in [1.29, 1.82) is 0 Å². The number of morpholine rings is 1. The molecule has 0 atom stereocenters. The van der Waals surface area contributed by atoms with Gasteiger partial charge in [0, 0.05) is 40.6 Å². The van der Waals surface area contributed by atoms with Crippen LogP contribution in [0.1, 0.15) is 24.2 Å². The van der Waals surface area contributed by atoms with Crippen molar-refractivity contribution in [3.63, 3.8) is 0 Å². The summed E-state index contributed by atoms with van der Waals surface area (Å²) in [5, 5.41) is 0. The molecule has 0 radical (unpaired) electrons. The molecule has 0 aliphatic carbocycles. The minimum atomic E-state index is -3.15. The third-order valence-corrected chi connectivity index (χ3v) is 5.97. The van der Waals surface area contributed by atoms with Crippen molar-refractivity contribution >= 4 is 25.4 Å². The maximum absolute atomic E-state index is 12.8. The molecule has 0 bridgehead atoms. The maximum atomic E-state index is 12.8. The molecule has 0 aromatic heterocycles. The van der Waals surface area contributed by atoms with E-state index in [1.807, 2.05) is 13.8 Å². The van der Waals surface area contributed by atoms with Gasteiger partial charge in [-0.2, -0.15) is 0 Å². The van der Waals surface area contributed by atoms with Gasteiger partial charge < -0.3 is 4.74 Å². The SMILES string of the molecule is CC(C)(C(=O)c1ccc(SS(C)(=O)=O)cc1)N1CCOCC1. The summed E-state index contributed by atoms with van der Waals surface area (Å²) in [5.41, 5.74) is -0.00993. The van der Waals surface area contributed by atoms with Crippen LogP contribution in [-0.2, 0) is 13.6 Å². The first-order chi connectivity index (χ1) is 10.2. The lowest BCUT2D eigenvalue weighted by atomic mass is 9.91. The second kappa shape index (κ2) is 6.70. The number of ether oxygens (including phenoxy) is 1. The lowest BCUT2D eigenvalue weighted by Gasteiger charge is -2.39. The molecule has 0 saturated carbocycles. The monoisotopic (exact) mass is 343 g/mol. The predicted molar refractivity (Wildman–Crippen MR) is 87.9 cm³/mol. The fourth-order valence-corrected chi connectivity index (χ4v) is 4.43. The van der Waals surface area contributed by atoms with Gasteiger partial charge in [0.15, 0.2) is 5.78 Å². The van der Waals surface area contributed by atoms with Gasteiger partial charge in [-0.3, -0.25) is 9.69 Å². The van der Waals surface area contributed by atoms with Crippen molar-refractivity contribution in [1.82, 2.24) is 4.90 Å². The van der Waals surface area contributed by atoms with Crippen molar-refractivity contribution < 1.29 is 17.9 Å². The van der Waals surface area contributed by atoms with Gasteiger partial charge in [0.2, 0.25) is 8.87 Å². The summed E-state index contributed by atoms with van der Waals surface area (Å²) in [6.07, 6.45) is 1.16. The van der Waals surface area contributed by atoms with E-state index in [1.54, 1.807) is 24.3 Å². The molecule has 0 N–H and O–H groups in total. The Kier molecular flexibility index (Phi) is 5.32. The first-order valence-electron chi connectivity index (χ1n) is 7.07. The number of rotatable bonds is 5. The van der Waals surface area contributed by atoms with E-state index in [-0.39, 0.29) is 5.78 Å². The normalized spacial score (nSPS) is 17.4. The summed E-state index contributed by atoms with van der Waals surface area (Å²) in [4.78, 5) is 15.5. The van der Waals surface area contributed by atoms with Crippen molar-refractivity contribution in [3.8, 4) is 0 Å². The standard InChI is InChI=1S/C15H21NO4S2/c1-15(2,16-8-10-20-11-9-16)14(17)12-4-6-13(7-5-12)21-22(3,18)19/h4-7H,8-11H2,1-3H3. The van der Waals surface area contributed by atoms with Gasteiger partial charge in [-0.1, -0.05) is 12.1 Å². The lowest BCUT2D eigenvalue weighted by molar-refractivity contribution is -0.00430. The van der Waals surface area contributed by atoms with Crippen LogP contribution in [0.25, 0.3) is 0 Å². The van der Waals surface area contributed by atoms with Gasteiger partial charge in [-0.25, -0.2) is 8.42 Å². The number of carbonyl (C=O) groups excluding carboxylic acids is 1. The van der Waals surface area contributed by atoms with E-state index in [4.69, 9.17) is 4.74 Å². The van der Waals surface area contributed by atoms with E-state index in [2.05, 4.69) is 4.90 Å². The Balaban J connectivity index is 2.14. The van der Waals surface area contributed by atoms with E-state index >= 15 is 0 Å². The summed E-state index contributed by atoms with van der Waals surface area (Å²) < 4.78 is 27.9. The second-order valence-electron chi connectivity index (χ2n) is 5.80. The Bertz CT molecular complexity index is 632. The molecule has 0 spiro atoms. The highest BCUT2D eigenvalue weighted by molar-refractivity contribution is 8.71. The van der Waals surface area contributed by atoms with Crippen molar-refractivity contribution in [3.05, 3.63) is 29.8 Å². The molecule has 0 amide bonds. The molecule has 1 aliphatic heterocycles. The number of benzene rings is 1. The highest BCUT2D eigenvalue weighted by Crippen LogP contribution is 2.26. The molecular formula is C15H21NO4S2. The predicted octanol–water partition coefficient (Wildman–Crippen LogP) is 2.03. The van der Waals surface area contributed by atoms with Crippen LogP contribution in [0.5, 0.6) is 0 Å². The topological polar surface area (TPSA) is 63.7 Å². The molecule has 1 heterocycles. The molecule has 22 heavy (non-hydrogen) atoms. The van der Waals surface area contributed by atoms with Crippen LogP contribution in [-0.4, -0.2) is 57.2 Å². The van der Waals surface area contributed by atoms with Crippen LogP contribution in [0.4, 0.5) is 0 Å². The third kappa shape index (κ3) is 4.32. The van der Waals surface area contributed by atoms with Gasteiger partial charge in [0.25, 0.3) is 0 Å². The van der Waals surface area contributed by atoms with Crippen LogP contribution in [0, 0.1) is 0 Å². The zero-order valence-electron chi connectivity index (χ0n) is 13.0. The molecule has 122 valence electrons. The van der Waals surface area contributed by atoms with Crippen LogP contribution in [0.3, 0.4) is 0 Å². The van der Waals surface area contributed by atoms with Gasteiger partial charge in [-0.05, 0) is 26.0 Å². The number of Topliss-reactive ketones (excluding diaryl/α,β-unsaturated/α-hetero) is 1. The highest BCUT2D eigenvalue weighted by atomic mass is 33.1. The number of ketones is 1. The first-order valence-corrected chi connectivity index (χ1v) is 10.3. The molecular weight excluding hydrogens is 322 g/mol. The quantitative estimate of drug-likeness (QED) is 0.602. The van der Waals surface area contributed by atoms with Crippen molar-refractivity contribution in [2.75, 3.05) is 32.6 Å². The lowest BCUT2D eigenvalue weighted by Crippen LogP contribution is -2.54. The van der Waals surface area contributed by atoms with Crippen LogP contribution in [0.15, 0.2) is 29.2 Å². The Hall–Kier alpha value is -0.890. The molecule has 7 heteroatoms. The van der Waals surface area contributed by atoms with E-state index in [9.17, 15) is 13.2 Å². The number of nitrogens with zero attached hydrogens (tertiary/aromatic N) is 1. The molecule has 0 unspecified atom stereocenters. The zero-order valence-corrected chi connectivity index (χ0v) is 14.7. The second-order valence-corrected chi connectivity index (χ2v) is 10.2. The first kappa shape index (κ1) is 17.5. The maximum Gasteiger partial charge on any atom is 0.203 e. The molecule has 1 aromatic rings. The molecule has 1 aliphatic rings. The minimum absolute atomic E-state index is 0.0327. The molecule has 1 aromatic carbocycles. The third-order valence-electron chi connectivity index (χ3n) is 3.72. The highest BCUT2D eigenvalue weighted by Gasteiger charge is 2.35. The van der Waals surface area contributed by atoms with Crippen LogP contribution in [0.2, 0.25) is 0 Å². The summed E-state index contributed by atoms with van der Waals surface area (Å²) in [5.74, 6) is 0.0327. The number of hydrogen-bond donors (Lipinski definition) is 0. The van der Waals surface area contributed by atoms with Crippen molar-refractivity contribution in [2.24, 2.45) is 0 Å². The fraction of sp³-hybridized carbons (Fsp3) is 0.533. The van der Waals surface area contributed by atoms with E-state index in [1.165, 1.54) is 0 Å². The average Bonchev–Trinajstić information content (AvgIpc) is 2.46. The average molecular weight is 343 g/mol. The molecule has 5 nitrogen and oxygen atoms in total. The van der Waals surface area contributed by atoms with Gasteiger partial charge in [-0.15, -0.1) is 0 Å². The molecule has 2 rings (SSSR count). The van der Waals surface area contributed by atoms with Crippen LogP contribution < -0.4 is 0 Å². The van der Waals surface area contributed by atoms with E-state index in [0.29, 0.717) is 23.7 Å². The summed E-state index contributed by atoms with van der Waals surface area (Å²) in [6, 6.07) is 6.73. The number of hydrogen-bond acceptors (Lipinski definition) is 6. The van der Waals surface area contributed by atoms with Gasteiger partial charge >= 0.3 is 0 Å². The fourth-order valence-electron chi connectivity index (χ4n) is 2.46. The molecule has 1 fully saturated rings. The summed E-state index contributed by atoms with van der Waals surface area (Å²) >= 11 is 0. The number of carbonyl (C=O) groups is 1. The Morgan fingerprint density at radius 1 is 1.18 bits per heavy atom. The zero-order chi connectivity index (χ0) is 16.4. The van der Waals surface area contributed by atoms with Gasteiger partial charge in [0.05, 0.1) is 18.8 Å². The van der Waals surface area contributed by atoms with E-state index < -0.39 is 14.4 Å². The Morgan fingerprint density at radius 2 is 1.73 bits per heavy atom. The smallest absolute Gasteiger partial charge is 0.203 e. The molecule has 1 saturated heterocycles. The van der Waals surface area contributed by atoms with Crippen molar-refractivity contribution in [2.45, 2.75) is 24.3 Å². The Morgan fingerprint density at radius 3 is 2.23 bits per heavy atom. The van der Waals surface area contributed by atoms with E-state index in [0.717, 1.165) is 30.1 Å². The minimum Gasteiger partial charge on any atom is -0.379 e. The largest absolute Gasteiger partial charge is 0.379 e. The summed E-state index contributed by atoms with van der Waals surface area (Å²) in [7, 11) is -2.36. The van der Waals surface area contributed by atoms with Crippen LogP contribution >= 0.6 is 10.8 Å².